The number of imidazole rings is 1. The Labute approximate surface area is 170 Å². The molecule has 4 rings (SSSR count). The molecular weight excluding hydrogens is 427 g/mol. The predicted octanol–water partition coefficient (Wildman–Crippen LogP) is 1.83. The van der Waals surface area contributed by atoms with Gasteiger partial charge >= 0.3 is 12.1 Å². The standard InChI is InChI=1S/C15H19N5O2S.C2HF3O2/c21-23(22,13-4-5-13)20-8-7-19-10-12(18-15(19)11-20)9-17-14-3-1-2-6-16-14;3-2(4,5)1(6)7/h1-3,6,10,13H,4-5,7-9,11H2,(H,16,17);(H,6,7). The third-order valence-electron chi connectivity index (χ3n) is 4.48. The molecule has 1 fully saturated rings. The number of alkyl halides is 3. The number of halogens is 3. The van der Waals surface area contributed by atoms with Crippen LogP contribution in [0.2, 0.25) is 0 Å². The minimum Gasteiger partial charge on any atom is -0.475 e. The lowest BCUT2D eigenvalue weighted by molar-refractivity contribution is -0.192. The highest BCUT2D eigenvalue weighted by Crippen LogP contribution is 2.32. The molecule has 3 heterocycles. The molecule has 1 aliphatic carbocycles. The van der Waals surface area contributed by atoms with Gasteiger partial charge in [0.05, 0.1) is 24.0 Å². The monoisotopic (exact) mass is 447 g/mol. The number of nitrogens with one attached hydrogen (secondary N) is 1. The third kappa shape index (κ3) is 5.48. The van der Waals surface area contributed by atoms with E-state index in [0.29, 0.717) is 26.2 Å². The molecule has 0 unspecified atom stereocenters. The summed E-state index contributed by atoms with van der Waals surface area (Å²) in [6, 6.07) is 5.70. The van der Waals surface area contributed by atoms with E-state index in [-0.39, 0.29) is 5.25 Å². The van der Waals surface area contributed by atoms with E-state index in [0.717, 1.165) is 30.2 Å². The number of anilines is 1. The lowest BCUT2D eigenvalue weighted by Gasteiger charge is -2.26. The van der Waals surface area contributed by atoms with E-state index in [1.54, 1.807) is 10.5 Å². The van der Waals surface area contributed by atoms with Crippen LogP contribution in [0.4, 0.5) is 19.0 Å². The Morgan fingerprint density at radius 1 is 1.27 bits per heavy atom. The Bertz CT molecular complexity index is 991. The summed E-state index contributed by atoms with van der Waals surface area (Å²) in [4.78, 5) is 17.7. The normalized spacial score (nSPS) is 16.9. The number of carbonyl (C=O) groups is 1. The lowest BCUT2D eigenvalue weighted by Crippen LogP contribution is -2.39. The Hall–Kier alpha value is -2.67. The zero-order chi connectivity index (χ0) is 21.9. The first kappa shape index (κ1) is 22.0. The molecule has 0 aromatic carbocycles. The van der Waals surface area contributed by atoms with Gasteiger partial charge in [-0.2, -0.15) is 17.5 Å². The van der Waals surface area contributed by atoms with Crippen molar-refractivity contribution in [3.05, 3.63) is 42.1 Å². The number of aliphatic carboxylic acids is 1. The van der Waals surface area contributed by atoms with Crippen LogP contribution in [0.3, 0.4) is 0 Å². The van der Waals surface area contributed by atoms with Gasteiger partial charge in [0.25, 0.3) is 0 Å². The Kier molecular flexibility index (Phi) is 6.31. The molecule has 0 saturated heterocycles. The summed E-state index contributed by atoms with van der Waals surface area (Å²) in [5.41, 5.74) is 0.899. The number of fused-ring (bicyclic) bond motifs is 1. The molecule has 2 aromatic heterocycles. The number of nitrogens with zero attached hydrogens (tertiary/aromatic N) is 4. The average molecular weight is 447 g/mol. The molecule has 2 aromatic rings. The second-order valence-electron chi connectivity index (χ2n) is 6.79. The minimum absolute atomic E-state index is 0.158. The van der Waals surface area contributed by atoms with Gasteiger partial charge in [0, 0.05) is 25.5 Å². The molecular formula is C17H20F3N5O4S. The van der Waals surface area contributed by atoms with Crippen molar-refractivity contribution in [3.8, 4) is 0 Å². The highest BCUT2D eigenvalue weighted by molar-refractivity contribution is 7.90. The Balaban J connectivity index is 0.000000318. The van der Waals surface area contributed by atoms with Crippen LogP contribution < -0.4 is 5.32 Å². The van der Waals surface area contributed by atoms with Gasteiger partial charge in [-0.05, 0) is 25.0 Å². The number of rotatable bonds is 5. The fraction of sp³-hybridized carbons (Fsp3) is 0.471. The van der Waals surface area contributed by atoms with Crippen molar-refractivity contribution in [2.45, 2.75) is 43.9 Å². The summed E-state index contributed by atoms with van der Waals surface area (Å²) < 4.78 is 60.1. The molecule has 1 saturated carbocycles. The van der Waals surface area contributed by atoms with Crippen LogP contribution >= 0.6 is 0 Å². The molecule has 0 atom stereocenters. The van der Waals surface area contributed by atoms with Gasteiger partial charge in [-0.3, -0.25) is 0 Å². The van der Waals surface area contributed by atoms with Crippen molar-refractivity contribution >= 4 is 21.8 Å². The van der Waals surface area contributed by atoms with Crippen molar-refractivity contribution in [2.24, 2.45) is 0 Å². The van der Waals surface area contributed by atoms with Crippen molar-refractivity contribution < 1.29 is 31.5 Å². The first-order valence-corrected chi connectivity index (χ1v) is 10.6. The molecule has 0 spiro atoms. The largest absolute Gasteiger partial charge is 0.490 e. The third-order valence-corrected chi connectivity index (χ3v) is 6.83. The van der Waals surface area contributed by atoms with Crippen molar-refractivity contribution in [1.29, 1.82) is 0 Å². The second kappa shape index (κ2) is 8.60. The first-order chi connectivity index (χ1) is 14.1. The smallest absolute Gasteiger partial charge is 0.475 e. The molecule has 30 heavy (non-hydrogen) atoms. The van der Waals surface area contributed by atoms with E-state index < -0.39 is 22.2 Å². The van der Waals surface area contributed by atoms with Crippen LogP contribution in [-0.2, 0) is 34.5 Å². The molecule has 9 nitrogen and oxygen atoms in total. The van der Waals surface area contributed by atoms with E-state index >= 15 is 0 Å². The Morgan fingerprint density at radius 3 is 2.53 bits per heavy atom. The molecule has 2 aliphatic rings. The minimum atomic E-state index is -5.08. The lowest BCUT2D eigenvalue weighted by atomic mass is 10.4. The first-order valence-electron chi connectivity index (χ1n) is 9.06. The summed E-state index contributed by atoms with van der Waals surface area (Å²) in [5, 5.41) is 10.2. The van der Waals surface area contributed by atoms with Gasteiger partial charge < -0.3 is 15.0 Å². The molecule has 1 aliphatic heterocycles. The van der Waals surface area contributed by atoms with Gasteiger partial charge in [-0.1, -0.05) is 6.07 Å². The summed E-state index contributed by atoms with van der Waals surface area (Å²) in [7, 11) is -3.12. The van der Waals surface area contributed by atoms with Crippen molar-refractivity contribution in [2.75, 3.05) is 11.9 Å². The molecule has 0 radical (unpaired) electrons. The van der Waals surface area contributed by atoms with Gasteiger partial charge in [-0.15, -0.1) is 0 Å². The van der Waals surface area contributed by atoms with Gasteiger partial charge in [-0.25, -0.2) is 23.2 Å². The van der Waals surface area contributed by atoms with E-state index in [4.69, 9.17) is 9.90 Å². The quantitative estimate of drug-likeness (QED) is 0.718. The zero-order valence-corrected chi connectivity index (χ0v) is 16.5. The second-order valence-corrected chi connectivity index (χ2v) is 9.00. The fourth-order valence-corrected chi connectivity index (χ4v) is 4.60. The van der Waals surface area contributed by atoms with E-state index in [2.05, 4.69) is 15.3 Å². The number of carboxylic acids is 1. The van der Waals surface area contributed by atoms with Crippen LogP contribution in [0.5, 0.6) is 0 Å². The number of hydrogen-bond donors (Lipinski definition) is 2. The maximum Gasteiger partial charge on any atom is 0.490 e. The number of sulfonamides is 1. The highest BCUT2D eigenvalue weighted by Gasteiger charge is 2.41. The molecule has 0 amide bonds. The number of hydrogen-bond acceptors (Lipinski definition) is 6. The summed E-state index contributed by atoms with van der Waals surface area (Å²) >= 11 is 0. The maximum atomic E-state index is 12.3. The van der Waals surface area contributed by atoms with Crippen LogP contribution in [0.25, 0.3) is 0 Å². The van der Waals surface area contributed by atoms with Crippen LogP contribution in [0, 0.1) is 0 Å². The SMILES string of the molecule is O=C(O)C(F)(F)F.O=S(=O)(C1CC1)N1CCn2cc(CNc3ccccn3)nc2C1. The zero-order valence-electron chi connectivity index (χ0n) is 15.7. The summed E-state index contributed by atoms with van der Waals surface area (Å²) in [6.07, 6.45) is 0.243. The highest BCUT2D eigenvalue weighted by atomic mass is 32.2. The number of pyridine rings is 1. The van der Waals surface area contributed by atoms with Crippen molar-refractivity contribution in [1.82, 2.24) is 18.8 Å². The van der Waals surface area contributed by atoms with Crippen LogP contribution in [0.1, 0.15) is 24.4 Å². The van der Waals surface area contributed by atoms with E-state index in [9.17, 15) is 21.6 Å². The van der Waals surface area contributed by atoms with E-state index in [1.807, 2.05) is 29.0 Å². The topological polar surface area (TPSA) is 117 Å². The molecule has 0 bridgehead atoms. The summed E-state index contributed by atoms with van der Waals surface area (Å²) in [6.45, 7) is 2.15. The number of aromatic nitrogens is 3. The van der Waals surface area contributed by atoms with Gasteiger partial charge in [0.15, 0.2) is 0 Å². The van der Waals surface area contributed by atoms with Crippen LogP contribution in [-0.4, -0.2) is 56.3 Å². The van der Waals surface area contributed by atoms with Gasteiger partial charge in [0.2, 0.25) is 10.0 Å². The number of carboxylic acid groups (broad SMARTS) is 1. The molecule has 164 valence electrons. The predicted molar refractivity (Wildman–Crippen MR) is 99.8 cm³/mol. The van der Waals surface area contributed by atoms with Gasteiger partial charge in [0.1, 0.15) is 11.6 Å². The van der Waals surface area contributed by atoms with Crippen LogP contribution in [0.15, 0.2) is 30.6 Å². The van der Waals surface area contributed by atoms with Crippen molar-refractivity contribution in [3.63, 3.8) is 0 Å². The molecule has 13 heteroatoms. The molecule has 2 N–H and O–H groups in total. The van der Waals surface area contributed by atoms with E-state index in [1.165, 1.54) is 0 Å². The Morgan fingerprint density at radius 2 is 1.97 bits per heavy atom. The average Bonchev–Trinajstić information content (AvgIpc) is 3.47. The maximum absolute atomic E-state index is 12.3. The summed E-state index contributed by atoms with van der Waals surface area (Å²) in [5.74, 6) is -1.14. The fourth-order valence-electron chi connectivity index (χ4n) is 2.82.